The molecule has 0 saturated heterocycles. The Morgan fingerprint density at radius 1 is 1.25 bits per heavy atom. The third-order valence-corrected chi connectivity index (χ3v) is 3.20. The van der Waals surface area contributed by atoms with Gasteiger partial charge < -0.3 is 10.5 Å². The lowest BCUT2D eigenvalue weighted by Crippen LogP contribution is -2.14. The van der Waals surface area contributed by atoms with Gasteiger partial charge in [0.25, 0.3) is 0 Å². The summed E-state index contributed by atoms with van der Waals surface area (Å²) in [5.74, 6) is 0.681. The lowest BCUT2D eigenvalue weighted by Gasteiger charge is -2.18. The second-order valence-electron chi connectivity index (χ2n) is 4.80. The maximum Gasteiger partial charge on any atom is 0.162 e. The highest BCUT2D eigenvalue weighted by molar-refractivity contribution is 5.26. The average Bonchev–Trinajstić information content (AvgIpc) is 2.45. The van der Waals surface area contributed by atoms with E-state index in [1.807, 2.05) is 51.1 Å². The van der Waals surface area contributed by atoms with Gasteiger partial charge in [-0.3, -0.25) is 0 Å². The van der Waals surface area contributed by atoms with E-state index in [0.717, 1.165) is 16.8 Å². The number of aromatic nitrogens is 2. The zero-order chi connectivity index (χ0) is 14.5. The fourth-order valence-corrected chi connectivity index (χ4v) is 2.18. The zero-order valence-electron chi connectivity index (χ0n) is 12.2. The van der Waals surface area contributed by atoms with Gasteiger partial charge in [-0.15, -0.1) is 0 Å². The van der Waals surface area contributed by atoms with E-state index in [-0.39, 0.29) is 12.1 Å². The number of rotatable bonds is 5. The zero-order valence-corrected chi connectivity index (χ0v) is 12.2. The van der Waals surface area contributed by atoms with Crippen molar-refractivity contribution < 1.29 is 4.74 Å². The van der Waals surface area contributed by atoms with Crippen molar-refractivity contribution in [2.75, 3.05) is 6.61 Å². The number of hydrogen-bond donors (Lipinski definition) is 1. The number of aryl methyl sites for hydroxylation is 1. The first kappa shape index (κ1) is 14.6. The van der Waals surface area contributed by atoms with E-state index in [0.29, 0.717) is 12.4 Å². The minimum Gasteiger partial charge on any atom is -0.366 e. The van der Waals surface area contributed by atoms with E-state index < -0.39 is 0 Å². The lowest BCUT2D eigenvalue weighted by atomic mass is 10.1. The predicted molar refractivity (Wildman–Crippen MR) is 79.3 cm³/mol. The quantitative estimate of drug-likeness (QED) is 0.908. The maximum absolute atomic E-state index is 5.90. The van der Waals surface area contributed by atoms with Crippen LogP contribution in [0, 0.1) is 6.92 Å². The molecule has 0 aliphatic heterocycles. The SMILES string of the molecule is CCOC(c1ccccc1)c1ncc(C(C)N)c(C)n1. The fraction of sp³-hybridized carbons (Fsp3) is 0.375. The largest absolute Gasteiger partial charge is 0.366 e. The van der Waals surface area contributed by atoms with Crippen molar-refractivity contribution in [3.63, 3.8) is 0 Å². The van der Waals surface area contributed by atoms with Crippen molar-refractivity contribution >= 4 is 0 Å². The first-order chi connectivity index (χ1) is 9.63. The highest BCUT2D eigenvalue weighted by atomic mass is 16.5. The Hall–Kier alpha value is -1.78. The molecule has 2 aromatic rings. The van der Waals surface area contributed by atoms with Gasteiger partial charge in [-0.05, 0) is 26.3 Å². The Labute approximate surface area is 120 Å². The molecule has 106 valence electrons. The van der Waals surface area contributed by atoms with Gasteiger partial charge in [-0.1, -0.05) is 30.3 Å². The van der Waals surface area contributed by atoms with Gasteiger partial charge in [0.15, 0.2) is 5.82 Å². The Bertz CT molecular complexity index is 555. The molecule has 1 heterocycles. The minimum atomic E-state index is -0.234. The molecule has 2 rings (SSSR count). The third-order valence-electron chi connectivity index (χ3n) is 3.20. The van der Waals surface area contributed by atoms with E-state index in [2.05, 4.69) is 9.97 Å². The van der Waals surface area contributed by atoms with Crippen LogP contribution in [-0.4, -0.2) is 16.6 Å². The fourth-order valence-electron chi connectivity index (χ4n) is 2.18. The molecule has 4 heteroatoms. The summed E-state index contributed by atoms with van der Waals surface area (Å²) in [5, 5.41) is 0. The molecule has 0 amide bonds. The van der Waals surface area contributed by atoms with E-state index in [1.54, 1.807) is 6.20 Å². The van der Waals surface area contributed by atoms with Crippen LogP contribution in [0.2, 0.25) is 0 Å². The number of nitrogens with two attached hydrogens (primary N) is 1. The van der Waals surface area contributed by atoms with Crippen molar-refractivity contribution in [1.82, 2.24) is 9.97 Å². The topological polar surface area (TPSA) is 61.0 Å². The molecule has 0 aliphatic carbocycles. The second-order valence-corrected chi connectivity index (χ2v) is 4.80. The molecule has 2 N–H and O–H groups in total. The van der Waals surface area contributed by atoms with Gasteiger partial charge in [0.05, 0.1) is 0 Å². The van der Waals surface area contributed by atoms with Gasteiger partial charge in [0.1, 0.15) is 6.10 Å². The summed E-state index contributed by atoms with van der Waals surface area (Å²) in [4.78, 5) is 9.01. The molecule has 0 fully saturated rings. The summed E-state index contributed by atoms with van der Waals surface area (Å²) in [7, 11) is 0. The van der Waals surface area contributed by atoms with E-state index in [1.165, 1.54) is 0 Å². The molecule has 20 heavy (non-hydrogen) atoms. The minimum absolute atomic E-state index is 0.0636. The van der Waals surface area contributed by atoms with E-state index >= 15 is 0 Å². The third kappa shape index (κ3) is 3.21. The summed E-state index contributed by atoms with van der Waals surface area (Å²) >= 11 is 0. The molecule has 2 unspecified atom stereocenters. The van der Waals surface area contributed by atoms with E-state index in [9.17, 15) is 0 Å². The number of hydrogen-bond acceptors (Lipinski definition) is 4. The van der Waals surface area contributed by atoms with Crippen molar-refractivity contribution in [3.8, 4) is 0 Å². The van der Waals surface area contributed by atoms with Crippen molar-refractivity contribution in [1.29, 1.82) is 0 Å². The highest BCUT2D eigenvalue weighted by Crippen LogP contribution is 2.24. The van der Waals surface area contributed by atoms with Gasteiger partial charge in [0.2, 0.25) is 0 Å². The van der Waals surface area contributed by atoms with Crippen molar-refractivity contribution in [2.24, 2.45) is 5.73 Å². The van der Waals surface area contributed by atoms with Gasteiger partial charge >= 0.3 is 0 Å². The lowest BCUT2D eigenvalue weighted by molar-refractivity contribution is 0.0849. The van der Waals surface area contributed by atoms with Crippen LogP contribution >= 0.6 is 0 Å². The Balaban J connectivity index is 2.38. The number of benzene rings is 1. The van der Waals surface area contributed by atoms with Gasteiger partial charge in [0, 0.05) is 30.1 Å². The number of ether oxygens (including phenoxy) is 1. The summed E-state index contributed by atoms with van der Waals surface area (Å²) in [6.07, 6.45) is 1.57. The Morgan fingerprint density at radius 3 is 2.50 bits per heavy atom. The molecule has 0 aliphatic rings. The molecule has 1 aromatic carbocycles. The predicted octanol–water partition coefficient (Wildman–Crippen LogP) is 2.93. The van der Waals surface area contributed by atoms with Gasteiger partial charge in [-0.25, -0.2) is 9.97 Å². The summed E-state index contributed by atoms with van der Waals surface area (Å²) in [6.45, 7) is 6.47. The molecular formula is C16H21N3O. The Kier molecular flexibility index (Phi) is 4.82. The molecule has 0 bridgehead atoms. The smallest absolute Gasteiger partial charge is 0.162 e. The van der Waals surface area contributed by atoms with Crippen LogP contribution in [0.25, 0.3) is 0 Å². The second kappa shape index (κ2) is 6.59. The van der Waals surface area contributed by atoms with Crippen LogP contribution < -0.4 is 5.73 Å². The average molecular weight is 271 g/mol. The molecule has 4 nitrogen and oxygen atoms in total. The summed E-state index contributed by atoms with van der Waals surface area (Å²) in [6, 6.07) is 9.95. The monoisotopic (exact) mass is 271 g/mol. The van der Waals surface area contributed by atoms with Gasteiger partial charge in [-0.2, -0.15) is 0 Å². The van der Waals surface area contributed by atoms with Crippen LogP contribution in [0.4, 0.5) is 0 Å². The standard InChI is InChI=1S/C16H21N3O/c1-4-20-15(13-8-6-5-7-9-13)16-18-10-14(11(2)17)12(3)19-16/h5-11,15H,4,17H2,1-3H3. The van der Waals surface area contributed by atoms with Crippen LogP contribution in [-0.2, 0) is 4.74 Å². The number of nitrogens with zero attached hydrogens (tertiary/aromatic N) is 2. The maximum atomic E-state index is 5.90. The molecule has 1 aromatic heterocycles. The first-order valence-electron chi connectivity index (χ1n) is 6.89. The Morgan fingerprint density at radius 2 is 1.95 bits per heavy atom. The van der Waals surface area contributed by atoms with Crippen molar-refractivity contribution in [3.05, 3.63) is 59.2 Å². The summed E-state index contributed by atoms with van der Waals surface area (Å²) < 4.78 is 5.81. The summed E-state index contributed by atoms with van der Waals surface area (Å²) in [5.41, 5.74) is 8.83. The van der Waals surface area contributed by atoms with E-state index in [4.69, 9.17) is 10.5 Å². The molecule has 0 spiro atoms. The van der Waals surface area contributed by atoms with Crippen LogP contribution in [0.15, 0.2) is 36.5 Å². The molecular weight excluding hydrogens is 250 g/mol. The normalized spacial score (nSPS) is 14.0. The molecule has 0 saturated carbocycles. The first-order valence-corrected chi connectivity index (χ1v) is 6.89. The highest BCUT2D eigenvalue weighted by Gasteiger charge is 2.18. The van der Waals surface area contributed by atoms with Crippen molar-refractivity contribution in [2.45, 2.75) is 32.9 Å². The van der Waals surface area contributed by atoms with Crippen LogP contribution in [0.3, 0.4) is 0 Å². The molecule has 2 atom stereocenters. The van der Waals surface area contributed by atoms with Crippen LogP contribution in [0.5, 0.6) is 0 Å². The molecule has 0 radical (unpaired) electrons. The van der Waals surface area contributed by atoms with Crippen LogP contribution in [0.1, 0.15) is 48.6 Å².